The van der Waals surface area contributed by atoms with Gasteiger partial charge in [0.15, 0.2) is 0 Å². The number of rotatable bonds is 6. The summed E-state index contributed by atoms with van der Waals surface area (Å²) < 4.78 is 4.99. The van der Waals surface area contributed by atoms with Crippen LogP contribution in [0.1, 0.15) is 29.8 Å². The number of carbonyl (C=O) groups excluding carboxylic acids is 1. The number of methoxy groups -OCH3 is 1. The van der Waals surface area contributed by atoms with Crippen LogP contribution in [-0.2, 0) is 16.1 Å². The third-order valence-electron chi connectivity index (χ3n) is 2.72. The van der Waals surface area contributed by atoms with Crippen molar-refractivity contribution in [3.05, 3.63) is 35.4 Å². The molecule has 0 unspecified atom stereocenters. The minimum absolute atomic E-state index is 0.177. The van der Waals surface area contributed by atoms with Crippen molar-refractivity contribution < 1.29 is 19.4 Å². The second-order valence-electron chi connectivity index (χ2n) is 4.67. The topological polar surface area (TPSA) is 75.6 Å². The van der Waals surface area contributed by atoms with Gasteiger partial charge in [-0.1, -0.05) is 26.0 Å². The van der Waals surface area contributed by atoms with Crippen molar-refractivity contribution in [2.24, 2.45) is 5.92 Å². The molecule has 1 aromatic carbocycles. The highest BCUT2D eigenvalue weighted by molar-refractivity contribution is 5.96. The van der Waals surface area contributed by atoms with E-state index in [1.54, 1.807) is 39.2 Å². The maximum atomic E-state index is 12.0. The zero-order valence-electron chi connectivity index (χ0n) is 11.3. The zero-order valence-corrected chi connectivity index (χ0v) is 11.3. The third-order valence-corrected chi connectivity index (χ3v) is 2.72. The Morgan fingerprint density at radius 1 is 1.37 bits per heavy atom. The zero-order chi connectivity index (χ0) is 14.4. The fourth-order valence-corrected chi connectivity index (χ4v) is 1.71. The van der Waals surface area contributed by atoms with Gasteiger partial charge in [0, 0.05) is 12.7 Å². The summed E-state index contributed by atoms with van der Waals surface area (Å²) in [6.07, 6.45) is 0. The molecule has 5 nitrogen and oxygen atoms in total. The average Bonchev–Trinajstić information content (AvgIpc) is 2.35. The van der Waals surface area contributed by atoms with Crippen molar-refractivity contribution in [2.75, 3.05) is 7.11 Å². The molecule has 104 valence electrons. The van der Waals surface area contributed by atoms with Gasteiger partial charge in [-0.3, -0.25) is 4.79 Å². The lowest BCUT2D eigenvalue weighted by atomic mass is 10.0. The van der Waals surface area contributed by atoms with Crippen LogP contribution in [0.15, 0.2) is 24.3 Å². The minimum atomic E-state index is -1.03. The number of aliphatic carboxylic acids is 1. The van der Waals surface area contributed by atoms with E-state index < -0.39 is 12.0 Å². The van der Waals surface area contributed by atoms with Gasteiger partial charge >= 0.3 is 5.97 Å². The van der Waals surface area contributed by atoms with E-state index >= 15 is 0 Å². The molecule has 0 aliphatic heterocycles. The van der Waals surface area contributed by atoms with E-state index in [1.165, 1.54) is 0 Å². The van der Waals surface area contributed by atoms with Gasteiger partial charge in [0.25, 0.3) is 5.91 Å². The molecule has 0 saturated heterocycles. The number of benzene rings is 1. The summed E-state index contributed by atoms with van der Waals surface area (Å²) >= 11 is 0. The van der Waals surface area contributed by atoms with Gasteiger partial charge in [0.2, 0.25) is 0 Å². The molecule has 1 amide bonds. The average molecular weight is 265 g/mol. The Labute approximate surface area is 112 Å². The quantitative estimate of drug-likeness (QED) is 0.820. The second kappa shape index (κ2) is 6.89. The van der Waals surface area contributed by atoms with Gasteiger partial charge in [-0.2, -0.15) is 0 Å². The molecule has 0 aromatic heterocycles. The summed E-state index contributed by atoms with van der Waals surface area (Å²) in [5, 5.41) is 11.6. The number of hydrogen-bond acceptors (Lipinski definition) is 3. The van der Waals surface area contributed by atoms with E-state index in [9.17, 15) is 9.59 Å². The van der Waals surface area contributed by atoms with Gasteiger partial charge in [0.05, 0.1) is 6.61 Å². The van der Waals surface area contributed by atoms with Crippen molar-refractivity contribution in [1.29, 1.82) is 0 Å². The molecule has 1 rings (SSSR count). The van der Waals surface area contributed by atoms with Crippen molar-refractivity contribution in [3.63, 3.8) is 0 Å². The Morgan fingerprint density at radius 3 is 2.58 bits per heavy atom. The minimum Gasteiger partial charge on any atom is -0.480 e. The molecule has 0 fully saturated rings. The van der Waals surface area contributed by atoms with Crippen LogP contribution in [0.5, 0.6) is 0 Å². The molecule has 0 radical (unpaired) electrons. The van der Waals surface area contributed by atoms with Crippen LogP contribution in [0.2, 0.25) is 0 Å². The van der Waals surface area contributed by atoms with Gasteiger partial charge in [-0.25, -0.2) is 4.79 Å². The summed E-state index contributed by atoms with van der Waals surface area (Å²) in [5.74, 6) is -1.60. The molecule has 0 bridgehead atoms. The lowest BCUT2D eigenvalue weighted by Gasteiger charge is -2.18. The van der Waals surface area contributed by atoms with Crippen LogP contribution in [-0.4, -0.2) is 30.1 Å². The Balaban J connectivity index is 2.82. The number of amides is 1. The number of hydrogen-bond donors (Lipinski definition) is 2. The molecule has 0 aliphatic rings. The van der Waals surface area contributed by atoms with Crippen LogP contribution in [0.3, 0.4) is 0 Å². The fraction of sp³-hybridized carbons (Fsp3) is 0.429. The van der Waals surface area contributed by atoms with Gasteiger partial charge in [0.1, 0.15) is 6.04 Å². The first kappa shape index (κ1) is 15.2. The van der Waals surface area contributed by atoms with E-state index in [2.05, 4.69) is 5.32 Å². The predicted molar refractivity (Wildman–Crippen MR) is 70.9 cm³/mol. The summed E-state index contributed by atoms with van der Waals surface area (Å²) in [4.78, 5) is 23.0. The maximum Gasteiger partial charge on any atom is 0.326 e. The Bertz CT molecular complexity index is 457. The molecular formula is C14H19NO4. The van der Waals surface area contributed by atoms with Crippen molar-refractivity contribution >= 4 is 11.9 Å². The van der Waals surface area contributed by atoms with Crippen LogP contribution >= 0.6 is 0 Å². The molecule has 0 spiro atoms. The first-order chi connectivity index (χ1) is 8.95. The number of carboxylic acids is 1. The third kappa shape index (κ3) is 4.37. The van der Waals surface area contributed by atoms with Crippen molar-refractivity contribution in [3.8, 4) is 0 Å². The fourth-order valence-electron chi connectivity index (χ4n) is 1.71. The second-order valence-corrected chi connectivity index (χ2v) is 4.67. The Hall–Kier alpha value is -1.88. The van der Waals surface area contributed by atoms with Crippen molar-refractivity contribution in [1.82, 2.24) is 5.32 Å². The van der Waals surface area contributed by atoms with Gasteiger partial charge in [-0.15, -0.1) is 0 Å². The predicted octanol–water partition coefficient (Wildman–Crippen LogP) is 1.67. The molecule has 1 aromatic rings. The SMILES string of the molecule is COCc1cccc(C(=O)N[C@H](C(=O)O)C(C)C)c1. The summed E-state index contributed by atoms with van der Waals surface area (Å²) in [6, 6.07) is 6.04. The number of nitrogens with one attached hydrogen (secondary N) is 1. The van der Waals surface area contributed by atoms with E-state index in [4.69, 9.17) is 9.84 Å². The van der Waals surface area contributed by atoms with Crippen molar-refractivity contribution in [2.45, 2.75) is 26.5 Å². The lowest BCUT2D eigenvalue weighted by Crippen LogP contribution is -2.44. The largest absolute Gasteiger partial charge is 0.480 e. The first-order valence-electron chi connectivity index (χ1n) is 6.07. The highest BCUT2D eigenvalue weighted by atomic mass is 16.5. The standard InChI is InChI=1S/C14H19NO4/c1-9(2)12(14(17)18)15-13(16)11-6-4-5-10(7-11)8-19-3/h4-7,9,12H,8H2,1-3H3,(H,15,16)(H,17,18)/t12-/m0/s1. The van der Waals surface area contributed by atoms with Gasteiger partial charge < -0.3 is 15.2 Å². The number of ether oxygens (including phenoxy) is 1. The highest BCUT2D eigenvalue weighted by Crippen LogP contribution is 2.08. The Kier molecular flexibility index (Phi) is 5.51. The Morgan fingerprint density at radius 2 is 2.05 bits per heavy atom. The van der Waals surface area contributed by atoms with E-state index in [0.29, 0.717) is 12.2 Å². The molecular weight excluding hydrogens is 246 g/mol. The molecule has 19 heavy (non-hydrogen) atoms. The molecule has 2 N–H and O–H groups in total. The molecule has 5 heteroatoms. The van der Waals surface area contributed by atoms with Gasteiger partial charge in [-0.05, 0) is 23.6 Å². The highest BCUT2D eigenvalue weighted by Gasteiger charge is 2.23. The van der Waals surface area contributed by atoms with Crippen LogP contribution in [0.25, 0.3) is 0 Å². The smallest absolute Gasteiger partial charge is 0.326 e. The van der Waals surface area contributed by atoms with Crippen LogP contribution < -0.4 is 5.32 Å². The van der Waals surface area contributed by atoms with Crippen LogP contribution in [0, 0.1) is 5.92 Å². The number of carboxylic acid groups (broad SMARTS) is 1. The first-order valence-corrected chi connectivity index (χ1v) is 6.07. The van der Waals surface area contributed by atoms with E-state index in [1.807, 2.05) is 6.07 Å². The molecule has 0 aliphatic carbocycles. The lowest BCUT2D eigenvalue weighted by molar-refractivity contribution is -0.140. The molecule has 0 heterocycles. The summed E-state index contributed by atoms with van der Waals surface area (Å²) in [5.41, 5.74) is 1.30. The van der Waals surface area contributed by atoms with E-state index in [-0.39, 0.29) is 11.8 Å². The van der Waals surface area contributed by atoms with E-state index in [0.717, 1.165) is 5.56 Å². The number of carbonyl (C=O) groups is 2. The normalized spacial score (nSPS) is 12.2. The monoisotopic (exact) mass is 265 g/mol. The van der Waals surface area contributed by atoms with Crippen LogP contribution in [0.4, 0.5) is 0 Å². The summed E-state index contributed by atoms with van der Waals surface area (Å²) in [6.45, 7) is 3.91. The summed E-state index contributed by atoms with van der Waals surface area (Å²) in [7, 11) is 1.58. The maximum absolute atomic E-state index is 12.0. The molecule has 0 saturated carbocycles. The molecule has 1 atom stereocenters.